The topological polar surface area (TPSA) is 39.9 Å². The lowest BCUT2D eigenvalue weighted by Gasteiger charge is -2.08. The molecule has 0 spiro atoms. The van der Waals surface area contributed by atoms with Crippen molar-refractivity contribution in [2.45, 2.75) is 26.3 Å². The van der Waals surface area contributed by atoms with Gasteiger partial charge < -0.3 is 9.30 Å². The van der Waals surface area contributed by atoms with Gasteiger partial charge in [-0.1, -0.05) is 0 Å². The van der Waals surface area contributed by atoms with E-state index in [1.165, 1.54) is 6.42 Å². The Balaban J connectivity index is 1.90. The van der Waals surface area contributed by atoms with Gasteiger partial charge in [0.2, 0.25) is 5.28 Å². The second-order valence-electron chi connectivity index (χ2n) is 3.69. The summed E-state index contributed by atoms with van der Waals surface area (Å²) in [6, 6.07) is 0. The van der Waals surface area contributed by atoms with E-state index < -0.39 is 0 Å². The van der Waals surface area contributed by atoms with E-state index in [9.17, 15) is 0 Å². The molecule has 1 aliphatic rings. The Morgan fingerprint density at radius 3 is 3.00 bits per heavy atom. The lowest BCUT2D eigenvalue weighted by molar-refractivity contribution is 0.183. The molecule has 14 heavy (non-hydrogen) atoms. The highest BCUT2D eigenvalue weighted by Crippen LogP contribution is 2.18. The van der Waals surface area contributed by atoms with Crippen LogP contribution in [0.2, 0.25) is 5.28 Å². The van der Waals surface area contributed by atoms with Crippen molar-refractivity contribution < 1.29 is 4.74 Å². The van der Waals surface area contributed by atoms with Gasteiger partial charge in [-0.15, -0.1) is 10.2 Å². The van der Waals surface area contributed by atoms with Crippen molar-refractivity contribution in [2.24, 2.45) is 5.92 Å². The summed E-state index contributed by atoms with van der Waals surface area (Å²) in [6.45, 7) is 4.61. The Morgan fingerprint density at radius 1 is 1.57 bits per heavy atom. The van der Waals surface area contributed by atoms with Crippen molar-refractivity contribution in [1.82, 2.24) is 14.8 Å². The first-order valence-electron chi connectivity index (χ1n) is 4.90. The normalized spacial score (nSPS) is 21.7. The monoisotopic (exact) mass is 215 g/mol. The minimum atomic E-state index is 0.487. The minimum absolute atomic E-state index is 0.487. The summed E-state index contributed by atoms with van der Waals surface area (Å²) in [7, 11) is 0. The summed E-state index contributed by atoms with van der Waals surface area (Å²) in [5, 5.41) is 8.21. The summed E-state index contributed by atoms with van der Waals surface area (Å²) in [6.07, 6.45) is 2.26. The fraction of sp³-hybridized carbons (Fsp3) is 0.778. The van der Waals surface area contributed by atoms with Crippen LogP contribution in [-0.4, -0.2) is 28.0 Å². The lowest BCUT2D eigenvalue weighted by Crippen LogP contribution is -2.07. The lowest BCUT2D eigenvalue weighted by atomic mass is 10.1. The number of hydrogen-bond donors (Lipinski definition) is 0. The van der Waals surface area contributed by atoms with Gasteiger partial charge in [0.15, 0.2) is 0 Å². The summed E-state index contributed by atoms with van der Waals surface area (Å²) < 4.78 is 7.26. The van der Waals surface area contributed by atoms with Gasteiger partial charge in [-0.2, -0.15) is 0 Å². The molecule has 5 heteroatoms. The SMILES string of the molecule is Cc1nnc(Cl)n1CCC1CCOC1. The van der Waals surface area contributed by atoms with Crippen molar-refractivity contribution in [2.75, 3.05) is 13.2 Å². The molecule has 0 N–H and O–H groups in total. The predicted octanol–water partition coefficient (Wildman–Crippen LogP) is 1.67. The molecule has 1 fully saturated rings. The Bertz CT molecular complexity index is 288. The van der Waals surface area contributed by atoms with E-state index in [0.717, 1.165) is 32.0 Å². The number of nitrogens with zero attached hydrogens (tertiary/aromatic N) is 3. The van der Waals surface area contributed by atoms with E-state index >= 15 is 0 Å². The fourth-order valence-corrected chi connectivity index (χ4v) is 1.98. The molecular formula is C9H14ClN3O. The molecule has 1 atom stereocenters. The summed E-state index contributed by atoms with van der Waals surface area (Å²) in [5.41, 5.74) is 0. The van der Waals surface area contributed by atoms with Crippen LogP contribution in [0.4, 0.5) is 0 Å². The quantitative estimate of drug-likeness (QED) is 0.770. The molecule has 1 saturated heterocycles. The number of halogens is 1. The number of aryl methyl sites for hydroxylation is 1. The summed E-state index contributed by atoms with van der Waals surface area (Å²) in [5.74, 6) is 1.56. The molecule has 78 valence electrons. The zero-order chi connectivity index (χ0) is 9.97. The van der Waals surface area contributed by atoms with Gasteiger partial charge >= 0.3 is 0 Å². The standard InChI is InChI=1S/C9H14ClN3O/c1-7-11-12-9(10)13(7)4-2-8-3-5-14-6-8/h8H,2-6H2,1H3. The Labute approximate surface area is 88.2 Å². The first kappa shape index (κ1) is 9.93. The fourth-order valence-electron chi connectivity index (χ4n) is 1.73. The molecule has 1 aromatic heterocycles. The number of aromatic nitrogens is 3. The number of ether oxygens (including phenoxy) is 1. The molecule has 0 amide bonds. The average molecular weight is 216 g/mol. The molecule has 1 aliphatic heterocycles. The molecule has 4 nitrogen and oxygen atoms in total. The highest BCUT2D eigenvalue weighted by Gasteiger charge is 2.16. The molecule has 1 aromatic rings. The maximum absolute atomic E-state index is 5.89. The third-order valence-electron chi connectivity index (χ3n) is 2.68. The smallest absolute Gasteiger partial charge is 0.225 e. The second-order valence-corrected chi connectivity index (χ2v) is 4.02. The van der Waals surface area contributed by atoms with Crippen LogP contribution in [0, 0.1) is 12.8 Å². The van der Waals surface area contributed by atoms with E-state index in [1.54, 1.807) is 0 Å². The Morgan fingerprint density at radius 2 is 2.43 bits per heavy atom. The molecular weight excluding hydrogens is 202 g/mol. The van der Waals surface area contributed by atoms with Crippen molar-refractivity contribution in [3.05, 3.63) is 11.1 Å². The van der Waals surface area contributed by atoms with E-state index in [0.29, 0.717) is 11.2 Å². The van der Waals surface area contributed by atoms with Crippen LogP contribution in [0.1, 0.15) is 18.7 Å². The van der Waals surface area contributed by atoms with Crippen LogP contribution in [0.3, 0.4) is 0 Å². The second kappa shape index (κ2) is 4.28. The average Bonchev–Trinajstić information content (AvgIpc) is 2.76. The van der Waals surface area contributed by atoms with Crippen LogP contribution in [-0.2, 0) is 11.3 Å². The Hall–Kier alpha value is -0.610. The Kier molecular flexibility index (Phi) is 3.03. The van der Waals surface area contributed by atoms with E-state index in [1.807, 2.05) is 11.5 Å². The van der Waals surface area contributed by atoms with Gasteiger partial charge in [-0.05, 0) is 37.3 Å². The molecule has 0 bridgehead atoms. The molecule has 2 heterocycles. The van der Waals surface area contributed by atoms with Crippen LogP contribution in [0.5, 0.6) is 0 Å². The largest absolute Gasteiger partial charge is 0.381 e. The van der Waals surface area contributed by atoms with Crippen molar-refractivity contribution in [1.29, 1.82) is 0 Å². The van der Waals surface area contributed by atoms with Gasteiger partial charge in [0.1, 0.15) is 5.82 Å². The highest BCUT2D eigenvalue weighted by molar-refractivity contribution is 6.28. The van der Waals surface area contributed by atoms with Gasteiger partial charge in [0, 0.05) is 19.8 Å². The third kappa shape index (κ3) is 2.07. The van der Waals surface area contributed by atoms with E-state index in [-0.39, 0.29) is 0 Å². The van der Waals surface area contributed by atoms with Crippen LogP contribution in [0.15, 0.2) is 0 Å². The molecule has 0 radical (unpaired) electrons. The number of rotatable bonds is 3. The van der Waals surface area contributed by atoms with Gasteiger partial charge in [0.05, 0.1) is 0 Å². The predicted molar refractivity (Wildman–Crippen MR) is 53.3 cm³/mol. The van der Waals surface area contributed by atoms with Gasteiger partial charge in [-0.3, -0.25) is 0 Å². The van der Waals surface area contributed by atoms with Crippen LogP contribution in [0.25, 0.3) is 0 Å². The molecule has 0 aliphatic carbocycles. The molecule has 1 unspecified atom stereocenters. The van der Waals surface area contributed by atoms with Gasteiger partial charge in [0.25, 0.3) is 0 Å². The molecule has 0 aromatic carbocycles. The maximum atomic E-state index is 5.89. The van der Waals surface area contributed by atoms with Crippen LogP contribution < -0.4 is 0 Å². The third-order valence-corrected chi connectivity index (χ3v) is 2.96. The van der Waals surface area contributed by atoms with Crippen LogP contribution >= 0.6 is 11.6 Å². The minimum Gasteiger partial charge on any atom is -0.381 e. The first-order valence-corrected chi connectivity index (χ1v) is 5.28. The zero-order valence-corrected chi connectivity index (χ0v) is 9.00. The zero-order valence-electron chi connectivity index (χ0n) is 8.24. The highest BCUT2D eigenvalue weighted by atomic mass is 35.5. The molecule has 0 saturated carbocycles. The van der Waals surface area contributed by atoms with E-state index in [4.69, 9.17) is 16.3 Å². The van der Waals surface area contributed by atoms with Crippen molar-refractivity contribution in [3.8, 4) is 0 Å². The maximum Gasteiger partial charge on any atom is 0.225 e. The molecule has 2 rings (SSSR count). The summed E-state index contributed by atoms with van der Waals surface area (Å²) >= 11 is 5.89. The summed E-state index contributed by atoms with van der Waals surface area (Å²) in [4.78, 5) is 0. The van der Waals surface area contributed by atoms with Crippen molar-refractivity contribution in [3.63, 3.8) is 0 Å². The van der Waals surface area contributed by atoms with E-state index in [2.05, 4.69) is 10.2 Å². The first-order chi connectivity index (χ1) is 6.77. The number of hydrogen-bond acceptors (Lipinski definition) is 3. The van der Waals surface area contributed by atoms with Crippen molar-refractivity contribution >= 4 is 11.6 Å². The van der Waals surface area contributed by atoms with Gasteiger partial charge in [-0.25, -0.2) is 0 Å².